The van der Waals surface area contributed by atoms with Gasteiger partial charge in [-0.05, 0) is 38.5 Å². The lowest BCUT2D eigenvalue weighted by Gasteiger charge is -2.26. The van der Waals surface area contributed by atoms with Gasteiger partial charge in [-0.15, -0.1) is 0 Å². The standard InChI is InChI=1S/C62H119NO8/c1-6-8-10-12-14-16-18-20-22-24-25-26-27-28-29-30-31-32-33-34-35-37-38-40-42-44-46-48-50-52-59(64)69-56-58(57-70-62(61(66)67)68-55-54-63(3,4)5)71-60(65)53-51-49-47-45-43-41-39-36-23-21-19-17-15-13-11-9-7-2/h21,23,58,62H,6-20,22,24-57H2,1-5H3/b23-21-. The molecular weight excluding hydrogens is 887 g/mol. The molecule has 71 heavy (non-hydrogen) atoms. The highest BCUT2D eigenvalue weighted by atomic mass is 16.7. The largest absolute Gasteiger partial charge is 0.545 e. The molecule has 0 aliphatic carbocycles. The van der Waals surface area contributed by atoms with Crippen molar-refractivity contribution in [3.8, 4) is 0 Å². The second-order valence-electron chi connectivity index (χ2n) is 22.4. The van der Waals surface area contributed by atoms with Crippen LogP contribution < -0.4 is 5.11 Å². The number of hydrogen-bond donors (Lipinski definition) is 0. The first kappa shape index (κ1) is 69.0. The maximum absolute atomic E-state index is 12.8. The van der Waals surface area contributed by atoms with Crippen LogP contribution in [0.1, 0.15) is 309 Å². The van der Waals surface area contributed by atoms with Crippen LogP contribution in [0.15, 0.2) is 12.2 Å². The molecule has 2 unspecified atom stereocenters. The summed E-state index contributed by atoms with van der Waals surface area (Å²) in [6.45, 7) is 4.80. The molecule has 420 valence electrons. The van der Waals surface area contributed by atoms with E-state index in [0.29, 0.717) is 23.9 Å². The van der Waals surface area contributed by atoms with Gasteiger partial charge in [0.05, 0.1) is 40.3 Å². The Bertz CT molecular complexity index is 1170. The molecule has 0 saturated carbocycles. The van der Waals surface area contributed by atoms with Gasteiger partial charge in [-0.3, -0.25) is 9.59 Å². The van der Waals surface area contributed by atoms with Gasteiger partial charge in [0.15, 0.2) is 12.4 Å². The summed E-state index contributed by atoms with van der Waals surface area (Å²) in [5.41, 5.74) is 0. The van der Waals surface area contributed by atoms with Crippen molar-refractivity contribution in [1.82, 2.24) is 0 Å². The second-order valence-corrected chi connectivity index (χ2v) is 22.4. The number of carboxylic acid groups (broad SMARTS) is 1. The van der Waals surface area contributed by atoms with E-state index in [1.54, 1.807) is 0 Å². The van der Waals surface area contributed by atoms with Gasteiger partial charge in [-0.25, -0.2) is 0 Å². The summed E-state index contributed by atoms with van der Waals surface area (Å²) < 4.78 is 22.7. The number of aliphatic carboxylic acids is 1. The van der Waals surface area contributed by atoms with Crippen molar-refractivity contribution in [2.45, 2.75) is 322 Å². The molecule has 0 aromatic rings. The average molecular weight is 1010 g/mol. The van der Waals surface area contributed by atoms with Crippen molar-refractivity contribution in [3.05, 3.63) is 12.2 Å². The number of esters is 2. The van der Waals surface area contributed by atoms with Gasteiger partial charge in [-0.1, -0.05) is 270 Å². The zero-order chi connectivity index (χ0) is 52.0. The Balaban J connectivity index is 4.09. The second kappa shape index (κ2) is 54.3. The fourth-order valence-electron chi connectivity index (χ4n) is 9.24. The number of carbonyl (C=O) groups excluding carboxylic acids is 3. The van der Waals surface area contributed by atoms with Crippen LogP contribution >= 0.6 is 0 Å². The molecule has 9 nitrogen and oxygen atoms in total. The molecule has 9 heteroatoms. The van der Waals surface area contributed by atoms with Crippen molar-refractivity contribution < 1.29 is 42.9 Å². The van der Waals surface area contributed by atoms with Crippen molar-refractivity contribution in [1.29, 1.82) is 0 Å². The number of likely N-dealkylation sites (N-methyl/N-ethyl adjacent to an activating group) is 1. The molecule has 0 radical (unpaired) electrons. The number of carbonyl (C=O) groups is 3. The molecule has 0 aliphatic heterocycles. The molecule has 0 fully saturated rings. The van der Waals surface area contributed by atoms with Crippen LogP contribution in [0.4, 0.5) is 0 Å². The van der Waals surface area contributed by atoms with Gasteiger partial charge < -0.3 is 33.3 Å². The fourth-order valence-corrected chi connectivity index (χ4v) is 9.24. The molecule has 0 aliphatic rings. The minimum Gasteiger partial charge on any atom is -0.545 e. The van der Waals surface area contributed by atoms with E-state index in [1.165, 1.54) is 231 Å². The summed E-state index contributed by atoms with van der Waals surface area (Å²) in [7, 11) is 5.93. The molecule has 0 saturated heterocycles. The van der Waals surface area contributed by atoms with Gasteiger partial charge >= 0.3 is 11.9 Å². The Labute approximate surface area is 440 Å². The quantitative estimate of drug-likeness (QED) is 0.0195. The summed E-state index contributed by atoms with van der Waals surface area (Å²) >= 11 is 0. The molecule has 0 spiro atoms. The number of quaternary nitrogens is 1. The summed E-state index contributed by atoms with van der Waals surface area (Å²) in [5, 5.41) is 11.8. The molecular formula is C62H119NO8. The van der Waals surface area contributed by atoms with Gasteiger partial charge in [0.1, 0.15) is 13.2 Å². The minimum absolute atomic E-state index is 0.150. The van der Waals surface area contributed by atoms with Crippen LogP contribution in [0, 0.1) is 0 Å². The molecule has 0 aromatic heterocycles. The summed E-state index contributed by atoms with van der Waals surface area (Å²) in [6, 6.07) is 0. The minimum atomic E-state index is -1.62. The van der Waals surface area contributed by atoms with Gasteiger partial charge in [-0.2, -0.15) is 0 Å². The number of allylic oxidation sites excluding steroid dienone is 2. The van der Waals surface area contributed by atoms with Gasteiger partial charge in [0, 0.05) is 12.8 Å². The van der Waals surface area contributed by atoms with Crippen molar-refractivity contribution in [2.75, 3.05) is 47.5 Å². The van der Waals surface area contributed by atoms with Crippen LogP contribution in [-0.2, 0) is 33.3 Å². The normalized spacial score (nSPS) is 12.7. The Morgan fingerprint density at radius 3 is 1.04 bits per heavy atom. The van der Waals surface area contributed by atoms with Crippen molar-refractivity contribution >= 4 is 17.9 Å². The van der Waals surface area contributed by atoms with Gasteiger partial charge in [0.25, 0.3) is 0 Å². The maximum atomic E-state index is 12.8. The monoisotopic (exact) mass is 1010 g/mol. The Kier molecular flexibility index (Phi) is 52.8. The fraction of sp³-hybridized carbons (Fsp3) is 0.919. The highest BCUT2D eigenvalue weighted by molar-refractivity contribution is 5.70. The molecule has 0 heterocycles. The zero-order valence-electron chi connectivity index (χ0n) is 47.9. The highest BCUT2D eigenvalue weighted by Crippen LogP contribution is 2.18. The van der Waals surface area contributed by atoms with Crippen LogP contribution in [0.5, 0.6) is 0 Å². The Hall–Kier alpha value is -1.97. The lowest BCUT2D eigenvalue weighted by Crippen LogP contribution is -2.44. The van der Waals surface area contributed by atoms with E-state index in [0.717, 1.165) is 44.9 Å². The van der Waals surface area contributed by atoms with Crippen LogP contribution in [0.25, 0.3) is 0 Å². The molecule has 0 rings (SSSR count). The lowest BCUT2D eigenvalue weighted by atomic mass is 10.0. The number of unbranched alkanes of at least 4 members (excludes halogenated alkanes) is 41. The van der Waals surface area contributed by atoms with E-state index in [4.69, 9.17) is 18.9 Å². The first-order chi connectivity index (χ1) is 34.6. The van der Waals surface area contributed by atoms with E-state index >= 15 is 0 Å². The predicted molar refractivity (Wildman–Crippen MR) is 297 cm³/mol. The third-order valence-electron chi connectivity index (χ3n) is 14.0. The molecule has 0 aromatic carbocycles. The Morgan fingerprint density at radius 1 is 0.408 bits per heavy atom. The smallest absolute Gasteiger partial charge is 0.306 e. The van der Waals surface area contributed by atoms with E-state index < -0.39 is 24.3 Å². The van der Waals surface area contributed by atoms with E-state index in [-0.39, 0.29) is 32.2 Å². The Morgan fingerprint density at radius 2 is 0.718 bits per heavy atom. The number of nitrogens with zero attached hydrogens (tertiary/aromatic N) is 1. The van der Waals surface area contributed by atoms with Crippen LogP contribution in [0.3, 0.4) is 0 Å². The zero-order valence-corrected chi connectivity index (χ0v) is 47.9. The third kappa shape index (κ3) is 55.6. The first-order valence-corrected chi connectivity index (χ1v) is 30.8. The van der Waals surface area contributed by atoms with E-state index in [2.05, 4.69) is 26.0 Å². The summed E-state index contributed by atoms with van der Waals surface area (Å²) in [6.07, 6.45) is 59.9. The first-order valence-electron chi connectivity index (χ1n) is 30.8. The number of rotatable bonds is 58. The number of hydrogen-bond acceptors (Lipinski definition) is 8. The number of carboxylic acids is 1. The molecule has 2 atom stereocenters. The summed E-state index contributed by atoms with van der Waals surface area (Å²) in [5.74, 6) is -2.26. The average Bonchev–Trinajstić information content (AvgIpc) is 3.34. The molecule has 0 N–H and O–H groups in total. The lowest BCUT2D eigenvalue weighted by molar-refractivity contribution is -0.870. The molecule has 0 bridgehead atoms. The van der Waals surface area contributed by atoms with Crippen LogP contribution in [0.2, 0.25) is 0 Å². The van der Waals surface area contributed by atoms with E-state index in [9.17, 15) is 19.5 Å². The predicted octanol–water partition coefficient (Wildman–Crippen LogP) is 16.8. The van der Waals surface area contributed by atoms with E-state index in [1.807, 2.05) is 21.1 Å². The maximum Gasteiger partial charge on any atom is 0.306 e. The SMILES string of the molecule is CCCCCCCC/C=C\CCCCCCCCCC(=O)OC(COC(=O)CCCCCCCCCCCCCCCCCCCCCCCCCCCCCCC)COC(OCC[N+](C)(C)C)C(=O)[O-]. The van der Waals surface area contributed by atoms with Crippen LogP contribution in [-0.4, -0.2) is 82.3 Å². The molecule has 0 amide bonds. The third-order valence-corrected chi connectivity index (χ3v) is 14.0. The number of ether oxygens (including phenoxy) is 4. The van der Waals surface area contributed by atoms with Crippen molar-refractivity contribution in [3.63, 3.8) is 0 Å². The van der Waals surface area contributed by atoms with Crippen molar-refractivity contribution in [2.24, 2.45) is 0 Å². The highest BCUT2D eigenvalue weighted by Gasteiger charge is 2.22. The topological polar surface area (TPSA) is 111 Å². The van der Waals surface area contributed by atoms with Gasteiger partial charge in [0.2, 0.25) is 0 Å². The summed E-state index contributed by atoms with van der Waals surface area (Å²) in [4.78, 5) is 37.3.